The molecule has 122 valence electrons. The number of rotatable bonds is 4. The highest BCUT2D eigenvalue weighted by atomic mass is 35.5. The molecule has 23 heavy (non-hydrogen) atoms. The summed E-state index contributed by atoms with van der Waals surface area (Å²) in [7, 11) is 1.98. The SMILES string of the molecule is CN(CC1CCOCC1)c1cncc(-c2cc(F)ncc2Cl)n1. The van der Waals surface area contributed by atoms with Crippen LogP contribution in [0.25, 0.3) is 11.3 Å². The molecule has 7 heteroatoms. The van der Waals surface area contributed by atoms with Crippen molar-refractivity contribution in [2.75, 3.05) is 31.7 Å². The van der Waals surface area contributed by atoms with E-state index in [0.29, 0.717) is 22.2 Å². The number of nitrogens with zero attached hydrogens (tertiary/aromatic N) is 4. The predicted molar refractivity (Wildman–Crippen MR) is 87.0 cm³/mol. The number of hydrogen-bond acceptors (Lipinski definition) is 5. The second-order valence-corrected chi connectivity index (χ2v) is 6.09. The minimum absolute atomic E-state index is 0.352. The zero-order valence-electron chi connectivity index (χ0n) is 12.9. The van der Waals surface area contributed by atoms with Gasteiger partial charge in [-0.1, -0.05) is 11.6 Å². The zero-order chi connectivity index (χ0) is 16.2. The van der Waals surface area contributed by atoms with Crippen LogP contribution in [0.2, 0.25) is 5.02 Å². The quantitative estimate of drug-likeness (QED) is 0.802. The molecule has 2 aromatic heterocycles. The van der Waals surface area contributed by atoms with E-state index in [2.05, 4.69) is 19.9 Å². The summed E-state index contributed by atoms with van der Waals surface area (Å²) in [4.78, 5) is 14.4. The minimum Gasteiger partial charge on any atom is -0.381 e. The maximum atomic E-state index is 13.4. The number of aromatic nitrogens is 3. The zero-order valence-corrected chi connectivity index (χ0v) is 13.6. The third kappa shape index (κ3) is 3.95. The normalized spacial score (nSPS) is 15.6. The molecular weight excluding hydrogens is 319 g/mol. The van der Waals surface area contributed by atoms with E-state index in [9.17, 15) is 4.39 Å². The fourth-order valence-electron chi connectivity index (χ4n) is 2.69. The Bertz CT molecular complexity index is 679. The molecule has 0 spiro atoms. The van der Waals surface area contributed by atoms with Crippen molar-refractivity contribution in [2.45, 2.75) is 12.8 Å². The lowest BCUT2D eigenvalue weighted by Gasteiger charge is -2.27. The molecular formula is C16H18ClFN4O. The summed E-state index contributed by atoms with van der Waals surface area (Å²) in [6, 6.07) is 1.27. The van der Waals surface area contributed by atoms with Crippen molar-refractivity contribution in [3.05, 3.63) is 35.6 Å². The van der Waals surface area contributed by atoms with Crippen LogP contribution in [0, 0.1) is 11.9 Å². The summed E-state index contributed by atoms with van der Waals surface area (Å²) in [5, 5.41) is 0.352. The first-order chi connectivity index (χ1) is 11.1. The van der Waals surface area contributed by atoms with E-state index in [1.165, 1.54) is 12.3 Å². The molecule has 1 aliphatic rings. The molecule has 0 amide bonds. The number of hydrogen-bond donors (Lipinski definition) is 0. The largest absolute Gasteiger partial charge is 0.381 e. The Hall–Kier alpha value is -1.79. The predicted octanol–water partition coefficient (Wildman–Crippen LogP) is 3.19. The summed E-state index contributed by atoms with van der Waals surface area (Å²) in [5.41, 5.74) is 1.03. The van der Waals surface area contributed by atoms with Crippen LogP contribution in [0.1, 0.15) is 12.8 Å². The van der Waals surface area contributed by atoms with Gasteiger partial charge in [0.1, 0.15) is 5.82 Å². The molecule has 1 aliphatic heterocycles. The van der Waals surface area contributed by atoms with E-state index in [0.717, 1.165) is 38.4 Å². The Morgan fingerprint density at radius 1 is 1.30 bits per heavy atom. The molecule has 3 rings (SSSR count). The maximum Gasteiger partial charge on any atom is 0.213 e. The Labute approximate surface area is 139 Å². The molecule has 0 bridgehead atoms. The van der Waals surface area contributed by atoms with Crippen molar-refractivity contribution < 1.29 is 9.13 Å². The highest BCUT2D eigenvalue weighted by Gasteiger charge is 2.17. The molecule has 3 heterocycles. The first kappa shape index (κ1) is 16.1. The van der Waals surface area contributed by atoms with E-state index in [-0.39, 0.29) is 0 Å². The van der Waals surface area contributed by atoms with Crippen molar-refractivity contribution in [2.24, 2.45) is 5.92 Å². The Morgan fingerprint density at radius 3 is 2.87 bits per heavy atom. The third-order valence-corrected chi connectivity index (χ3v) is 4.28. The summed E-state index contributed by atoms with van der Waals surface area (Å²) >= 11 is 6.09. The van der Waals surface area contributed by atoms with Gasteiger partial charge in [0.25, 0.3) is 0 Å². The van der Waals surface area contributed by atoms with Crippen LogP contribution in [0.5, 0.6) is 0 Å². The maximum absolute atomic E-state index is 13.4. The van der Waals surface area contributed by atoms with Gasteiger partial charge in [0, 0.05) is 44.6 Å². The van der Waals surface area contributed by atoms with Crippen molar-refractivity contribution in [3.8, 4) is 11.3 Å². The molecule has 0 saturated carbocycles. The monoisotopic (exact) mass is 336 g/mol. The van der Waals surface area contributed by atoms with Gasteiger partial charge in [0.2, 0.25) is 5.95 Å². The lowest BCUT2D eigenvalue weighted by Crippen LogP contribution is -2.30. The molecule has 5 nitrogen and oxygen atoms in total. The van der Waals surface area contributed by atoms with E-state index >= 15 is 0 Å². The van der Waals surface area contributed by atoms with Gasteiger partial charge in [0.05, 0.1) is 23.1 Å². The van der Waals surface area contributed by atoms with Gasteiger partial charge in [0.15, 0.2) is 0 Å². The van der Waals surface area contributed by atoms with Crippen LogP contribution in [0.15, 0.2) is 24.7 Å². The molecule has 0 aliphatic carbocycles. The lowest BCUT2D eigenvalue weighted by atomic mass is 10.00. The molecule has 1 saturated heterocycles. The smallest absolute Gasteiger partial charge is 0.213 e. The van der Waals surface area contributed by atoms with Crippen LogP contribution < -0.4 is 4.90 Å². The summed E-state index contributed by atoms with van der Waals surface area (Å²) in [5.74, 6) is 0.732. The van der Waals surface area contributed by atoms with Crippen molar-refractivity contribution >= 4 is 17.4 Å². The molecule has 0 atom stereocenters. The highest BCUT2D eigenvalue weighted by molar-refractivity contribution is 6.33. The average Bonchev–Trinajstić information content (AvgIpc) is 2.58. The van der Waals surface area contributed by atoms with Gasteiger partial charge in [-0.05, 0) is 18.8 Å². The number of pyridine rings is 1. The highest BCUT2D eigenvalue weighted by Crippen LogP contribution is 2.27. The average molecular weight is 337 g/mol. The van der Waals surface area contributed by atoms with Gasteiger partial charge in [-0.15, -0.1) is 0 Å². The van der Waals surface area contributed by atoms with Crippen LogP contribution in [0.4, 0.5) is 10.2 Å². The number of halogens is 2. The van der Waals surface area contributed by atoms with Crippen LogP contribution in [-0.2, 0) is 4.74 Å². The van der Waals surface area contributed by atoms with E-state index in [1.807, 2.05) is 7.05 Å². The summed E-state index contributed by atoms with van der Waals surface area (Å²) < 4.78 is 18.7. The van der Waals surface area contributed by atoms with E-state index < -0.39 is 5.95 Å². The van der Waals surface area contributed by atoms with Crippen LogP contribution in [-0.4, -0.2) is 41.8 Å². The second-order valence-electron chi connectivity index (χ2n) is 5.69. The lowest BCUT2D eigenvalue weighted by molar-refractivity contribution is 0.0685. The Balaban J connectivity index is 1.80. The number of anilines is 1. The van der Waals surface area contributed by atoms with Crippen LogP contribution in [0.3, 0.4) is 0 Å². The molecule has 0 aromatic carbocycles. The van der Waals surface area contributed by atoms with E-state index in [1.54, 1.807) is 12.4 Å². The molecule has 0 unspecified atom stereocenters. The Kier molecular flexibility index (Phi) is 5.03. The molecule has 0 N–H and O–H groups in total. The van der Waals surface area contributed by atoms with Gasteiger partial charge < -0.3 is 9.64 Å². The van der Waals surface area contributed by atoms with Gasteiger partial charge >= 0.3 is 0 Å². The molecule has 2 aromatic rings. The second kappa shape index (κ2) is 7.19. The van der Waals surface area contributed by atoms with Gasteiger partial charge in [-0.25, -0.2) is 9.97 Å². The van der Waals surface area contributed by atoms with Crippen molar-refractivity contribution in [3.63, 3.8) is 0 Å². The Morgan fingerprint density at radius 2 is 2.09 bits per heavy atom. The standard InChI is InChI=1S/C16H18ClFN4O/c1-22(10-11-2-4-23-5-3-11)16-9-19-8-14(21-16)12-6-15(18)20-7-13(12)17/h6-9,11H,2-5,10H2,1H3. The topological polar surface area (TPSA) is 51.1 Å². The van der Waals surface area contributed by atoms with Gasteiger partial charge in [-0.2, -0.15) is 4.39 Å². The van der Waals surface area contributed by atoms with Crippen molar-refractivity contribution in [1.82, 2.24) is 15.0 Å². The fraction of sp³-hybridized carbons (Fsp3) is 0.438. The number of ether oxygens (including phenoxy) is 1. The first-order valence-electron chi connectivity index (χ1n) is 7.56. The first-order valence-corrected chi connectivity index (χ1v) is 7.93. The van der Waals surface area contributed by atoms with Crippen molar-refractivity contribution in [1.29, 1.82) is 0 Å². The third-order valence-electron chi connectivity index (χ3n) is 3.98. The molecule has 1 fully saturated rings. The molecule has 0 radical (unpaired) electrons. The summed E-state index contributed by atoms with van der Waals surface area (Å²) in [6.07, 6.45) is 6.67. The van der Waals surface area contributed by atoms with Gasteiger partial charge in [-0.3, -0.25) is 4.98 Å². The summed E-state index contributed by atoms with van der Waals surface area (Å²) in [6.45, 7) is 2.52. The fourth-order valence-corrected chi connectivity index (χ4v) is 2.89. The minimum atomic E-state index is -0.591. The van der Waals surface area contributed by atoms with E-state index in [4.69, 9.17) is 16.3 Å². The van der Waals surface area contributed by atoms with Crippen LogP contribution >= 0.6 is 11.6 Å².